The zero-order chi connectivity index (χ0) is 17.1. The summed E-state index contributed by atoms with van der Waals surface area (Å²) in [6.45, 7) is 1.81. The number of nitrogens with two attached hydrogens (primary N) is 1. The van der Waals surface area contributed by atoms with E-state index in [1.165, 1.54) is 5.56 Å². The second kappa shape index (κ2) is 7.24. The van der Waals surface area contributed by atoms with Crippen molar-refractivity contribution in [3.63, 3.8) is 0 Å². The molecule has 2 aromatic carbocycles. The van der Waals surface area contributed by atoms with Gasteiger partial charge in [-0.3, -0.25) is 4.79 Å². The van der Waals surface area contributed by atoms with E-state index in [4.69, 9.17) is 22.1 Å². The summed E-state index contributed by atoms with van der Waals surface area (Å²) in [4.78, 5) is 14.8. The summed E-state index contributed by atoms with van der Waals surface area (Å²) in [7, 11) is 1.54. The van der Waals surface area contributed by atoms with Crippen LogP contribution in [0.25, 0.3) is 0 Å². The minimum Gasteiger partial charge on any atom is -0.496 e. The summed E-state index contributed by atoms with van der Waals surface area (Å²) in [5.74, 6) is 0.882. The Morgan fingerprint density at radius 2 is 1.96 bits per heavy atom. The second-order valence-corrected chi connectivity index (χ2v) is 6.45. The first kappa shape index (κ1) is 16.8. The van der Waals surface area contributed by atoms with E-state index in [-0.39, 0.29) is 17.7 Å². The van der Waals surface area contributed by atoms with E-state index in [0.717, 1.165) is 0 Å². The number of halogens is 1. The Labute approximate surface area is 147 Å². The molecule has 24 heavy (non-hydrogen) atoms. The van der Waals surface area contributed by atoms with Crippen LogP contribution in [0.4, 0.5) is 0 Å². The number of carbonyl (C=O) groups excluding carboxylic acids is 1. The third-order valence-corrected chi connectivity index (χ3v) is 4.98. The molecular weight excluding hydrogens is 324 g/mol. The molecule has 1 heterocycles. The summed E-state index contributed by atoms with van der Waals surface area (Å²) < 4.78 is 5.31. The van der Waals surface area contributed by atoms with Gasteiger partial charge in [0.25, 0.3) is 5.91 Å². The van der Waals surface area contributed by atoms with Crippen molar-refractivity contribution in [2.24, 2.45) is 11.7 Å². The molecule has 5 heteroatoms. The molecule has 3 rings (SSSR count). The van der Waals surface area contributed by atoms with Crippen LogP contribution >= 0.6 is 11.6 Å². The van der Waals surface area contributed by atoms with Crippen LogP contribution in [0.5, 0.6) is 5.75 Å². The Kier molecular flexibility index (Phi) is 5.07. The van der Waals surface area contributed by atoms with E-state index in [0.29, 0.717) is 36.0 Å². The van der Waals surface area contributed by atoms with Gasteiger partial charge in [-0.15, -0.1) is 0 Å². The predicted molar refractivity (Wildman–Crippen MR) is 95.6 cm³/mol. The molecule has 1 amide bonds. The van der Waals surface area contributed by atoms with Crippen molar-refractivity contribution in [3.8, 4) is 5.75 Å². The maximum absolute atomic E-state index is 13.0. The molecule has 0 saturated carbocycles. The van der Waals surface area contributed by atoms with Crippen molar-refractivity contribution in [1.82, 2.24) is 4.90 Å². The van der Waals surface area contributed by atoms with Gasteiger partial charge >= 0.3 is 0 Å². The fraction of sp³-hybridized carbons (Fsp3) is 0.316. The minimum atomic E-state index is -0.102. The number of methoxy groups -OCH3 is 1. The predicted octanol–water partition coefficient (Wildman–Crippen LogP) is 3.16. The van der Waals surface area contributed by atoms with Gasteiger partial charge in [0.1, 0.15) is 11.3 Å². The first-order valence-electron chi connectivity index (χ1n) is 8.02. The van der Waals surface area contributed by atoms with Gasteiger partial charge in [0.15, 0.2) is 0 Å². The number of amides is 1. The van der Waals surface area contributed by atoms with Crippen molar-refractivity contribution in [2.75, 3.05) is 26.7 Å². The number of likely N-dealkylation sites (tertiary alicyclic amines) is 1. The van der Waals surface area contributed by atoms with E-state index in [9.17, 15) is 4.79 Å². The number of hydrogen-bond donors (Lipinski definition) is 1. The Hall–Kier alpha value is -2.04. The molecule has 0 unspecified atom stereocenters. The van der Waals surface area contributed by atoms with E-state index in [2.05, 4.69) is 12.1 Å². The van der Waals surface area contributed by atoms with E-state index in [1.807, 2.05) is 23.1 Å². The smallest absolute Gasteiger partial charge is 0.259 e. The third-order valence-electron chi connectivity index (χ3n) is 4.67. The zero-order valence-electron chi connectivity index (χ0n) is 13.6. The first-order chi connectivity index (χ1) is 11.7. The van der Waals surface area contributed by atoms with Crippen molar-refractivity contribution >= 4 is 17.5 Å². The van der Waals surface area contributed by atoms with Crippen molar-refractivity contribution in [3.05, 3.63) is 64.7 Å². The highest BCUT2D eigenvalue weighted by atomic mass is 35.5. The van der Waals surface area contributed by atoms with Crippen LogP contribution in [0.2, 0.25) is 5.02 Å². The van der Waals surface area contributed by atoms with Gasteiger partial charge in [0.2, 0.25) is 0 Å². The van der Waals surface area contributed by atoms with Crippen LogP contribution in [0, 0.1) is 5.92 Å². The van der Waals surface area contributed by atoms with Crippen LogP contribution in [-0.2, 0) is 0 Å². The molecule has 2 atom stereocenters. The lowest BCUT2D eigenvalue weighted by molar-refractivity contribution is 0.0783. The Balaban J connectivity index is 1.88. The molecule has 2 aromatic rings. The van der Waals surface area contributed by atoms with Gasteiger partial charge in [-0.25, -0.2) is 0 Å². The van der Waals surface area contributed by atoms with Crippen LogP contribution in [-0.4, -0.2) is 37.6 Å². The van der Waals surface area contributed by atoms with Gasteiger partial charge in [0.05, 0.1) is 12.1 Å². The number of rotatable bonds is 4. The van der Waals surface area contributed by atoms with Gasteiger partial charge in [-0.1, -0.05) is 48.0 Å². The van der Waals surface area contributed by atoms with Crippen LogP contribution in [0.15, 0.2) is 48.5 Å². The molecule has 1 aliphatic rings. The second-order valence-electron chi connectivity index (χ2n) is 6.04. The standard InChI is InChI=1S/C19H21ClN2O2/c1-24-17-9-5-8-16(20)18(17)19(23)22-11-14(10-21)15(12-22)13-6-3-2-4-7-13/h2-9,14-15H,10-12,21H2,1H3/t14-,15+/m1/s1. The maximum Gasteiger partial charge on any atom is 0.259 e. The Morgan fingerprint density at radius 3 is 2.62 bits per heavy atom. The summed E-state index contributed by atoms with van der Waals surface area (Å²) >= 11 is 6.25. The molecule has 1 saturated heterocycles. The first-order valence-corrected chi connectivity index (χ1v) is 8.40. The molecule has 0 spiro atoms. The third kappa shape index (κ3) is 3.12. The van der Waals surface area contributed by atoms with Crippen LogP contribution < -0.4 is 10.5 Å². The quantitative estimate of drug-likeness (QED) is 0.926. The Bertz CT molecular complexity index is 721. The van der Waals surface area contributed by atoms with Crippen molar-refractivity contribution in [2.45, 2.75) is 5.92 Å². The van der Waals surface area contributed by atoms with Crippen LogP contribution in [0.3, 0.4) is 0 Å². The summed E-state index contributed by atoms with van der Waals surface area (Å²) in [5.41, 5.74) is 7.60. The average Bonchev–Trinajstić information content (AvgIpc) is 3.06. The fourth-order valence-electron chi connectivity index (χ4n) is 3.39. The highest BCUT2D eigenvalue weighted by Crippen LogP contribution is 2.35. The van der Waals surface area contributed by atoms with E-state index in [1.54, 1.807) is 25.3 Å². The van der Waals surface area contributed by atoms with Gasteiger partial charge < -0.3 is 15.4 Å². The molecule has 0 bridgehead atoms. The van der Waals surface area contributed by atoms with Gasteiger partial charge in [-0.05, 0) is 30.2 Å². The molecule has 0 aromatic heterocycles. The van der Waals surface area contributed by atoms with E-state index < -0.39 is 0 Å². The molecule has 0 aliphatic carbocycles. The number of carbonyl (C=O) groups is 1. The fourth-order valence-corrected chi connectivity index (χ4v) is 3.64. The normalized spacial score (nSPS) is 20.2. The molecule has 0 radical (unpaired) electrons. The zero-order valence-corrected chi connectivity index (χ0v) is 14.4. The number of nitrogens with zero attached hydrogens (tertiary/aromatic N) is 1. The summed E-state index contributed by atoms with van der Waals surface area (Å²) in [6.07, 6.45) is 0. The van der Waals surface area contributed by atoms with E-state index >= 15 is 0 Å². The largest absolute Gasteiger partial charge is 0.496 e. The van der Waals surface area contributed by atoms with Crippen molar-refractivity contribution in [1.29, 1.82) is 0 Å². The number of ether oxygens (including phenoxy) is 1. The maximum atomic E-state index is 13.0. The summed E-state index contributed by atoms with van der Waals surface area (Å²) in [5, 5.41) is 0.409. The topological polar surface area (TPSA) is 55.6 Å². The molecular formula is C19H21ClN2O2. The molecule has 1 aliphatic heterocycles. The molecule has 2 N–H and O–H groups in total. The van der Waals surface area contributed by atoms with Gasteiger partial charge in [0, 0.05) is 19.0 Å². The Morgan fingerprint density at radius 1 is 1.21 bits per heavy atom. The minimum absolute atomic E-state index is 0.102. The average molecular weight is 345 g/mol. The SMILES string of the molecule is COc1cccc(Cl)c1C(=O)N1C[C@@H](CN)[C@H](c2ccccc2)C1. The molecule has 126 valence electrons. The highest BCUT2D eigenvalue weighted by Gasteiger charge is 2.36. The molecule has 4 nitrogen and oxygen atoms in total. The van der Waals surface area contributed by atoms with Crippen LogP contribution in [0.1, 0.15) is 21.8 Å². The van der Waals surface area contributed by atoms with Gasteiger partial charge in [-0.2, -0.15) is 0 Å². The number of hydrogen-bond acceptors (Lipinski definition) is 3. The molecule has 1 fully saturated rings. The van der Waals surface area contributed by atoms with Crippen molar-refractivity contribution < 1.29 is 9.53 Å². The summed E-state index contributed by atoms with van der Waals surface area (Å²) in [6, 6.07) is 15.5. The lowest BCUT2D eigenvalue weighted by Gasteiger charge is -2.19. The lowest BCUT2D eigenvalue weighted by Crippen LogP contribution is -2.30. The number of benzene rings is 2. The lowest BCUT2D eigenvalue weighted by atomic mass is 9.89. The monoisotopic (exact) mass is 344 g/mol. The highest BCUT2D eigenvalue weighted by molar-refractivity contribution is 6.34.